The van der Waals surface area contributed by atoms with Crippen LogP contribution in [0.2, 0.25) is 0 Å². The van der Waals surface area contributed by atoms with Gasteiger partial charge in [0.15, 0.2) is 5.82 Å². The first kappa shape index (κ1) is 14.0. The lowest BCUT2D eigenvalue weighted by Crippen LogP contribution is -2.09. The molecule has 2 N–H and O–H groups in total. The van der Waals surface area contributed by atoms with Crippen LogP contribution in [0.1, 0.15) is 41.4 Å². The van der Waals surface area contributed by atoms with E-state index in [1.54, 1.807) is 0 Å². The molecule has 0 fully saturated rings. The molecule has 0 aliphatic rings. The van der Waals surface area contributed by atoms with Crippen molar-refractivity contribution in [3.05, 3.63) is 41.1 Å². The van der Waals surface area contributed by atoms with E-state index in [1.807, 2.05) is 12.1 Å². The number of carbonyl (C=O) groups is 1. The molecule has 0 aliphatic carbocycles. The van der Waals surface area contributed by atoms with Crippen LogP contribution >= 0.6 is 0 Å². The number of methoxy groups -OCH3 is 1. The summed E-state index contributed by atoms with van der Waals surface area (Å²) in [6.45, 7) is 4.76. The van der Waals surface area contributed by atoms with Crippen molar-refractivity contribution >= 4 is 11.8 Å². The number of nitrogen functional groups attached to an aromatic ring is 1. The summed E-state index contributed by atoms with van der Waals surface area (Å²) in [5, 5.41) is 7.62. The van der Waals surface area contributed by atoms with E-state index in [1.165, 1.54) is 17.4 Å². The van der Waals surface area contributed by atoms with Gasteiger partial charge < -0.3 is 10.5 Å². The van der Waals surface area contributed by atoms with Crippen LogP contribution in [-0.4, -0.2) is 28.1 Å². The normalized spacial score (nSPS) is 10.8. The Labute approximate surface area is 117 Å². The van der Waals surface area contributed by atoms with Gasteiger partial charge in [-0.15, -0.1) is 5.10 Å². The lowest BCUT2D eigenvalue weighted by atomic mass is 10.0. The number of nitrogens with zero attached hydrogens (tertiary/aromatic N) is 3. The highest BCUT2D eigenvalue weighted by molar-refractivity contribution is 5.91. The predicted octanol–water partition coefficient (Wildman–Crippen LogP) is 1.82. The van der Waals surface area contributed by atoms with Crippen molar-refractivity contribution in [1.29, 1.82) is 0 Å². The second-order valence-electron chi connectivity index (χ2n) is 4.87. The number of aromatic nitrogens is 3. The monoisotopic (exact) mass is 274 g/mol. The molecule has 1 aromatic carbocycles. The lowest BCUT2D eigenvalue weighted by Gasteiger charge is -2.07. The Morgan fingerprint density at radius 3 is 2.55 bits per heavy atom. The Morgan fingerprint density at radius 2 is 2.00 bits per heavy atom. The van der Waals surface area contributed by atoms with Gasteiger partial charge in [-0.2, -0.15) is 0 Å². The van der Waals surface area contributed by atoms with Gasteiger partial charge in [0, 0.05) is 0 Å². The molecule has 6 heteroatoms. The fourth-order valence-electron chi connectivity index (χ4n) is 1.86. The van der Waals surface area contributed by atoms with Gasteiger partial charge in [0.05, 0.1) is 13.7 Å². The average Bonchev–Trinajstić information content (AvgIpc) is 2.80. The summed E-state index contributed by atoms with van der Waals surface area (Å²) < 4.78 is 6.07. The molecule has 0 unspecified atom stereocenters. The van der Waals surface area contributed by atoms with Gasteiger partial charge >= 0.3 is 5.97 Å². The average molecular weight is 274 g/mol. The number of hydrogen-bond acceptors (Lipinski definition) is 5. The van der Waals surface area contributed by atoms with Crippen LogP contribution in [0.15, 0.2) is 24.3 Å². The molecule has 1 heterocycles. The van der Waals surface area contributed by atoms with Crippen molar-refractivity contribution < 1.29 is 9.53 Å². The minimum atomic E-state index is -0.580. The quantitative estimate of drug-likeness (QED) is 0.860. The highest BCUT2D eigenvalue weighted by atomic mass is 16.5. The Bertz CT molecular complexity index is 602. The Kier molecular flexibility index (Phi) is 4.02. The van der Waals surface area contributed by atoms with Crippen molar-refractivity contribution in [3.63, 3.8) is 0 Å². The van der Waals surface area contributed by atoms with Crippen molar-refractivity contribution in [1.82, 2.24) is 15.0 Å². The summed E-state index contributed by atoms with van der Waals surface area (Å²) in [6, 6.07) is 8.20. The molecule has 0 bridgehead atoms. The molecular weight excluding hydrogens is 256 g/mol. The first-order chi connectivity index (χ1) is 9.52. The SMILES string of the molecule is COC(=O)c1nnn(Cc2ccc(C(C)C)cc2)c1N. The minimum Gasteiger partial charge on any atom is -0.464 e. The van der Waals surface area contributed by atoms with Crippen LogP contribution in [0, 0.1) is 0 Å². The maximum absolute atomic E-state index is 11.4. The zero-order chi connectivity index (χ0) is 14.7. The Hall–Kier alpha value is -2.37. The predicted molar refractivity (Wildman–Crippen MR) is 75.4 cm³/mol. The van der Waals surface area contributed by atoms with Crippen LogP contribution in [0.25, 0.3) is 0 Å². The third kappa shape index (κ3) is 2.79. The maximum Gasteiger partial charge on any atom is 0.362 e. The second-order valence-corrected chi connectivity index (χ2v) is 4.87. The Morgan fingerprint density at radius 1 is 1.35 bits per heavy atom. The van der Waals surface area contributed by atoms with Gasteiger partial charge in [0.2, 0.25) is 5.69 Å². The highest BCUT2D eigenvalue weighted by Crippen LogP contribution is 2.16. The number of ether oxygens (including phenoxy) is 1. The van der Waals surface area contributed by atoms with E-state index in [0.717, 1.165) is 5.56 Å². The molecule has 0 amide bonds. The van der Waals surface area contributed by atoms with E-state index in [9.17, 15) is 4.79 Å². The minimum absolute atomic E-state index is 0.0475. The van der Waals surface area contributed by atoms with Crippen LogP contribution < -0.4 is 5.73 Å². The van der Waals surface area contributed by atoms with Gasteiger partial charge in [0.25, 0.3) is 0 Å². The van der Waals surface area contributed by atoms with Gasteiger partial charge in [0.1, 0.15) is 0 Å². The van der Waals surface area contributed by atoms with Gasteiger partial charge in [-0.1, -0.05) is 43.3 Å². The van der Waals surface area contributed by atoms with Crippen LogP contribution in [0.5, 0.6) is 0 Å². The van der Waals surface area contributed by atoms with Crippen LogP contribution in [-0.2, 0) is 11.3 Å². The molecule has 0 saturated heterocycles. The zero-order valence-corrected chi connectivity index (χ0v) is 11.8. The molecule has 106 valence electrons. The van der Waals surface area contributed by atoms with E-state index >= 15 is 0 Å². The molecule has 2 aromatic rings. The zero-order valence-electron chi connectivity index (χ0n) is 11.8. The van der Waals surface area contributed by atoms with Gasteiger partial charge in [-0.05, 0) is 17.0 Å². The summed E-state index contributed by atoms with van der Waals surface area (Å²) in [4.78, 5) is 11.4. The number of esters is 1. The molecule has 0 saturated carbocycles. The Balaban J connectivity index is 2.18. The standard InChI is InChI=1S/C14H18N4O2/c1-9(2)11-6-4-10(5-7-11)8-18-13(15)12(16-17-18)14(19)20-3/h4-7,9H,8,15H2,1-3H3. The molecule has 0 aliphatic heterocycles. The van der Waals surface area contributed by atoms with Crippen molar-refractivity contribution in [2.75, 3.05) is 12.8 Å². The van der Waals surface area contributed by atoms with E-state index in [4.69, 9.17) is 5.73 Å². The van der Waals surface area contributed by atoms with E-state index in [-0.39, 0.29) is 11.5 Å². The molecule has 1 aromatic heterocycles. The summed E-state index contributed by atoms with van der Waals surface area (Å²) in [5.74, 6) is 0.125. The summed E-state index contributed by atoms with van der Waals surface area (Å²) in [7, 11) is 1.28. The smallest absolute Gasteiger partial charge is 0.362 e. The largest absolute Gasteiger partial charge is 0.464 e. The van der Waals surface area contributed by atoms with Crippen molar-refractivity contribution in [2.45, 2.75) is 26.3 Å². The molecule has 0 radical (unpaired) electrons. The molecule has 0 atom stereocenters. The fourth-order valence-corrected chi connectivity index (χ4v) is 1.86. The summed E-state index contributed by atoms with van der Waals surface area (Å²) in [6.07, 6.45) is 0. The number of anilines is 1. The van der Waals surface area contributed by atoms with E-state index in [2.05, 4.69) is 41.0 Å². The first-order valence-corrected chi connectivity index (χ1v) is 6.39. The van der Waals surface area contributed by atoms with Gasteiger partial charge in [-0.3, -0.25) is 0 Å². The second kappa shape index (κ2) is 5.73. The first-order valence-electron chi connectivity index (χ1n) is 6.39. The summed E-state index contributed by atoms with van der Waals surface area (Å²) in [5.41, 5.74) is 8.21. The fraction of sp³-hybridized carbons (Fsp3) is 0.357. The number of nitrogens with two attached hydrogens (primary N) is 1. The molecule has 20 heavy (non-hydrogen) atoms. The molecular formula is C14H18N4O2. The van der Waals surface area contributed by atoms with Crippen molar-refractivity contribution in [2.24, 2.45) is 0 Å². The van der Waals surface area contributed by atoms with E-state index < -0.39 is 5.97 Å². The van der Waals surface area contributed by atoms with Crippen LogP contribution in [0.3, 0.4) is 0 Å². The number of benzene rings is 1. The highest BCUT2D eigenvalue weighted by Gasteiger charge is 2.17. The van der Waals surface area contributed by atoms with Gasteiger partial charge in [-0.25, -0.2) is 9.48 Å². The molecule has 0 spiro atoms. The third-order valence-electron chi connectivity index (χ3n) is 3.13. The molecule has 2 rings (SSSR count). The van der Waals surface area contributed by atoms with Crippen molar-refractivity contribution in [3.8, 4) is 0 Å². The molecule has 6 nitrogen and oxygen atoms in total. The van der Waals surface area contributed by atoms with E-state index in [0.29, 0.717) is 12.5 Å². The number of carbonyl (C=O) groups excluding carboxylic acids is 1. The summed E-state index contributed by atoms with van der Waals surface area (Å²) >= 11 is 0. The number of rotatable bonds is 4. The lowest BCUT2D eigenvalue weighted by molar-refractivity contribution is 0.0595. The van der Waals surface area contributed by atoms with Crippen LogP contribution in [0.4, 0.5) is 5.82 Å². The maximum atomic E-state index is 11.4. The number of hydrogen-bond donors (Lipinski definition) is 1. The third-order valence-corrected chi connectivity index (χ3v) is 3.13. The topological polar surface area (TPSA) is 83.0 Å².